The topological polar surface area (TPSA) is 63.4 Å². The number of benzene rings is 1. The summed E-state index contributed by atoms with van der Waals surface area (Å²) in [5.74, 6) is 0.575. The number of piperidine rings is 1. The summed E-state index contributed by atoms with van der Waals surface area (Å²) in [7, 11) is -3.43. The van der Waals surface area contributed by atoms with Gasteiger partial charge in [0.1, 0.15) is 0 Å². The molecule has 0 bridgehead atoms. The first-order valence-electron chi connectivity index (χ1n) is 7.48. The van der Waals surface area contributed by atoms with Crippen molar-refractivity contribution in [2.45, 2.75) is 45.4 Å². The largest absolute Gasteiger partial charge is 0.399 e. The van der Waals surface area contributed by atoms with E-state index in [4.69, 9.17) is 5.73 Å². The van der Waals surface area contributed by atoms with E-state index in [2.05, 4.69) is 20.8 Å². The molecule has 4 nitrogen and oxygen atoms in total. The molecule has 1 aromatic rings. The molecule has 0 saturated carbocycles. The monoisotopic (exact) mass is 310 g/mol. The van der Waals surface area contributed by atoms with E-state index in [9.17, 15) is 8.42 Å². The minimum absolute atomic E-state index is 0.239. The molecule has 1 saturated heterocycles. The minimum Gasteiger partial charge on any atom is -0.399 e. The zero-order valence-electron chi connectivity index (χ0n) is 13.4. The van der Waals surface area contributed by atoms with Crippen molar-refractivity contribution in [3.8, 4) is 0 Å². The zero-order chi connectivity index (χ0) is 15.8. The Balaban J connectivity index is 2.21. The van der Waals surface area contributed by atoms with Crippen molar-refractivity contribution < 1.29 is 8.42 Å². The molecule has 1 aliphatic rings. The predicted octanol–water partition coefficient (Wildman–Crippen LogP) is 3.02. The average molecular weight is 310 g/mol. The van der Waals surface area contributed by atoms with Gasteiger partial charge in [-0.3, -0.25) is 0 Å². The van der Waals surface area contributed by atoms with Crippen LogP contribution in [-0.2, 0) is 10.0 Å². The van der Waals surface area contributed by atoms with Crippen LogP contribution in [0.3, 0.4) is 0 Å². The van der Waals surface area contributed by atoms with Crippen LogP contribution in [0.5, 0.6) is 0 Å². The first-order valence-corrected chi connectivity index (χ1v) is 8.92. The first kappa shape index (κ1) is 16.3. The van der Waals surface area contributed by atoms with Crippen LogP contribution in [0.2, 0.25) is 0 Å². The standard InChI is InChI=1S/C16H26N2O2S/c1-12-5-6-14(17)11-15(12)21(19,20)18-9-7-13(8-10-18)16(2,3)4/h5-6,11,13H,7-10,17H2,1-4H3. The fourth-order valence-corrected chi connectivity index (χ4v) is 4.73. The third-order valence-corrected chi connectivity index (χ3v) is 6.55. The molecule has 5 heteroatoms. The molecule has 0 unspecified atom stereocenters. The Morgan fingerprint density at radius 2 is 1.76 bits per heavy atom. The maximum atomic E-state index is 12.8. The summed E-state index contributed by atoms with van der Waals surface area (Å²) in [4.78, 5) is 0.344. The van der Waals surface area contributed by atoms with Gasteiger partial charge in [-0.1, -0.05) is 26.8 Å². The normalized spacial score (nSPS) is 18.9. The molecule has 1 fully saturated rings. The third-order valence-electron chi connectivity index (χ3n) is 4.51. The van der Waals surface area contributed by atoms with Crippen LogP contribution in [0.4, 0.5) is 5.69 Å². The van der Waals surface area contributed by atoms with Crippen LogP contribution < -0.4 is 5.73 Å². The van der Waals surface area contributed by atoms with Gasteiger partial charge in [-0.05, 0) is 48.8 Å². The fraction of sp³-hybridized carbons (Fsp3) is 0.625. The van der Waals surface area contributed by atoms with Crippen LogP contribution in [0, 0.1) is 18.3 Å². The highest BCUT2D eigenvalue weighted by Crippen LogP contribution is 2.36. The highest BCUT2D eigenvalue weighted by molar-refractivity contribution is 7.89. The van der Waals surface area contributed by atoms with Crippen molar-refractivity contribution in [3.63, 3.8) is 0 Å². The van der Waals surface area contributed by atoms with Crippen molar-refractivity contribution >= 4 is 15.7 Å². The second-order valence-corrected chi connectivity index (χ2v) is 8.98. The van der Waals surface area contributed by atoms with E-state index >= 15 is 0 Å². The number of aryl methyl sites for hydroxylation is 1. The minimum atomic E-state index is -3.43. The molecule has 1 aromatic carbocycles. The summed E-state index contributed by atoms with van der Waals surface area (Å²) < 4.78 is 27.2. The molecule has 2 N–H and O–H groups in total. The third kappa shape index (κ3) is 3.40. The molecule has 0 aromatic heterocycles. The highest BCUT2D eigenvalue weighted by atomic mass is 32.2. The lowest BCUT2D eigenvalue weighted by molar-refractivity contribution is 0.154. The van der Waals surface area contributed by atoms with Crippen molar-refractivity contribution in [2.24, 2.45) is 11.3 Å². The maximum absolute atomic E-state index is 12.8. The van der Waals surface area contributed by atoms with E-state index in [1.54, 1.807) is 22.5 Å². The number of sulfonamides is 1. The second kappa shape index (κ2) is 5.61. The number of rotatable bonds is 2. The van der Waals surface area contributed by atoms with E-state index < -0.39 is 10.0 Å². The fourth-order valence-electron chi connectivity index (χ4n) is 3.00. The molecule has 2 rings (SSSR count). The summed E-state index contributed by atoms with van der Waals surface area (Å²) in [6.45, 7) is 9.68. The van der Waals surface area contributed by atoms with Gasteiger partial charge in [-0.2, -0.15) is 4.31 Å². The Bertz CT molecular complexity index is 610. The quantitative estimate of drug-likeness (QED) is 0.854. The average Bonchev–Trinajstić information content (AvgIpc) is 2.40. The molecule has 0 radical (unpaired) electrons. The zero-order valence-corrected chi connectivity index (χ0v) is 14.2. The molecule has 1 aliphatic heterocycles. The molecule has 1 heterocycles. The summed E-state index contributed by atoms with van der Waals surface area (Å²) in [5, 5.41) is 0. The van der Waals surface area contributed by atoms with Crippen molar-refractivity contribution in [3.05, 3.63) is 23.8 Å². The molecular formula is C16H26N2O2S. The lowest BCUT2D eigenvalue weighted by atomic mass is 9.76. The Kier molecular flexibility index (Phi) is 4.36. The van der Waals surface area contributed by atoms with E-state index in [1.165, 1.54) is 0 Å². The predicted molar refractivity (Wildman–Crippen MR) is 86.5 cm³/mol. The van der Waals surface area contributed by atoms with E-state index in [0.29, 0.717) is 29.6 Å². The molecule has 21 heavy (non-hydrogen) atoms. The SMILES string of the molecule is Cc1ccc(N)cc1S(=O)(=O)N1CCC(C(C)(C)C)CC1. The molecule has 0 spiro atoms. The highest BCUT2D eigenvalue weighted by Gasteiger charge is 2.34. The lowest BCUT2D eigenvalue weighted by Gasteiger charge is -2.38. The maximum Gasteiger partial charge on any atom is 0.243 e. The van der Waals surface area contributed by atoms with Crippen LogP contribution in [0.25, 0.3) is 0 Å². The molecular weight excluding hydrogens is 284 g/mol. The lowest BCUT2D eigenvalue weighted by Crippen LogP contribution is -2.41. The Hall–Kier alpha value is -1.07. The number of nitrogens with zero attached hydrogens (tertiary/aromatic N) is 1. The summed E-state index contributed by atoms with van der Waals surface area (Å²) in [5.41, 5.74) is 7.23. The molecule has 118 valence electrons. The summed E-state index contributed by atoms with van der Waals surface area (Å²) in [6, 6.07) is 5.07. The van der Waals surface area contributed by atoms with E-state index in [1.807, 2.05) is 6.92 Å². The van der Waals surface area contributed by atoms with Gasteiger partial charge in [-0.25, -0.2) is 8.42 Å². The number of hydrogen-bond acceptors (Lipinski definition) is 3. The molecule has 0 aliphatic carbocycles. The van der Waals surface area contributed by atoms with Gasteiger partial charge < -0.3 is 5.73 Å². The summed E-state index contributed by atoms with van der Waals surface area (Å²) in [6.07, 6.45) is 1.84. The van der Waals surface area contributed by atoms with Crippen LogP contribution >= 0.6 is 0 Å². The van der Waals surface area contributed by atoms with Crippen molar-refractivity contribution in [1.29, 1.82) is 0 Å². The Morgan fingerprint density at radius 3 is 2.29 bits per heavy atom. The van der Waals surface area contributed by atoms with E-state index in [-0.39, 0.29) is 5.41 Å². The van der Waals surface area contributed by atoms with E-state index in [0.717, 1.165) is 18.4 Å². The van der Waals surface area contributed by atoms with Gasteiger partial charge in [0.25, 0.3) is 0 Å². The number of hydrogen-bond donors (Lipinski definition) is 1. The molecule has 0 atom stereocenters. The number of nitrogens with two attached hydrogens (primary N) is 1. The summed E-state index contributed by atoms with van der Waals surface area (Å²) >= 11 is 0. The molecule has 0 amide bonds. The van der Waals surface area contributed by atoms with Crippen molar-refractivity contribution in [2.75, 3.05) is 18.8 Å². The van der Waals surface area contributed by atoms with Gasteiger partial charge in [0.15, 0.2) is 0 Å². The van der Waals surface area contributed by atoms with Crippen LogP contribution in [-0.4, -0.2) is 25.8 Å². The smallest absolute Gasteiger partial charge is 0.243 e. The Labute approximate surface area is 128 Å². The number of anilines is 1. The van der Waals surface area contributed by atoms with Gasteiger partial charge in [0.05, 0.1) is 4.90 Å². The van der Waals surface area contributed by atoms with Crippen LogP contribution in [0.1, 0.15) is 39.2 Å². The Morgan fingerprint density at radius 1 is 1.19 bits per heavy atom. The van der Waals surface area contributed by atoms with Crippen LogP contribution in [0.15, 0.2) is 23.1 Å². The van der Waals surface area contributed by atoms with Gasteiger partial charge in [0, 0.05) is 18.8 Å². The van der Waals surface area contributed by atoms with Gasteiger partial charge >= 0.3 is 0 Å². The second-order valence-electron chi connectivity index (χ2n) is 7.07. The van der Waals surface area contributed by atoms with Crippen molar-refractivity contribution in [1.82, 2.24) is 4.31 Å². The first-order chi connectivity index (χ1) is 9.62. The van der Waals surface area contributed by atoms with Gasteiger partial charge in [0.2, 0.25) is 10.0 Å². The van der Waals surface area contributed by atoms with Gasteiger partial charge in [-0.15, -0.1) is 0 Å². The number of nitrogen functional groups attached to an aromatic ring is 1.